The molecule has 3 aromatic heterocycles. The second-order valence-electron chi connectivity index (χ2n) is 6.79. The molecule has 1 aliphatic rings. The van der Waals surface area contributed by atoms with E-state index < -0.39 is 0 Å². The van der Waals surface area contributed by atoms with Gasteiger partial charge in [-0.05, 0) is 49.1 Å². The predicted octanol–water partition coefficient (Wildman–Crippen LogP) is 3.00. The number of nitrogens with zero attached hydrogens (tertiary/aromatic N) is 1. The van der Waals surface area contributed by atoms with Gasteiger partial charge in [0.25, 0.3) is 5.56 Å². The molecule has 0 fully saturated rings. The van der Waals surface area contributed by atoms with Gasteiger partial charge in [-0.2, -0.15) is 0 Å². The Balaban J connectivity index is 1.64. The van der Waals surface area contributed by atoms with Crippen molar-refractivity contribution in [2.75, 3.05) is 0 Å². The number of fused-ring (bicyclic) bond motifs is 3. The summed E-state index contributed by atoms with van der Waals surface area (Å²) in [5.41, 5.74) is 1.29. The van der Waals surface area contributed by atoms with Crippen molar-refractivity contribution in [2.24, 2.45) is 5.92 Å². The lowest BCUT2D eigenvalue weighted by Gasteiger charge is -2.17. The molecule has 0 spiro atoms. The number of quaternary nitrogens is 1. The first kappa shape index (κ1) is 16.0. The molecule has 3 aromatic rings. The maximum Gasteiger partial charge on any atom is 0.260 e. The largest absolute Gasteiger partial charge is 0.333 e. The van der Waals surface area contributed by atoms with E-state index in [-0.39, 0.29) is 11.6 Å². The Morgan fingerprint density at radius 2 is 2.38 bits per heavy atom. The van der Waals surface area contributed by atoms with E-state index in [4.69, 9.17) is 4.98 Å². The fourth-order valence-corrected chi connectivity index (χ4v) is 5.49. The Morgan fingerprint density at radius 3 is 3.17 bits per heavy atom. The summed E-state index contributed by atoms with van der Waals surface area (Å²) < 4.78 is 0. The van der Waals surface area contributed by atoms with Crippen molar-refractivity contribution in [2.45, 2.75) is 45.7 Å². The molecule has 2 atom stereocenters. The van der Waals surface area contributed by atoms with Crippen LogP contribution in [0.4, 0.5) is 0 Å². The maximum atomic E-state index is 12.7. The molecule has 0 saturated carbocycles. The van der Waals surface area contributed by atoms with Crippen molar-refractivity contribution in [3.63, 3.8) is 0 Å². The van der Waals surface area contributed by atoms with E-state index in [1.165, 1.54) is 21.7 Å². The molecule has 3 N–H and O–H groups in total. The number of thiophene rings is 2. The third kappa shape index (κ3) is 2.94. The summed E-state index contributed by atoms with van der Waals surface area (Å²) in [6.07, 6.45) is 3.27. The van der Waals surface area contributed by atoms with Crippen LogP contribution in [0.3, 0.4) is 0 Å². The molecule has 0 unspecified atom stereocenters. The molecule has 6 heteroatoms. The van der Waals surface area contributed by atoms with E-state index in [0.29, 0.717) is 5.92 Å². The molecule has 0 aromatic carbocycles. The number of nitrogens with one attached hydrogen (secondary N) is 1. The number of aryl methyl sites for hydroxylation is 1. The number of aromatic amines is 1. The molecule has 126 valence electrons. The van der Waals surface area contributed by atoms with Crippen LogP contribution in [-0.4, -0.2) is 9.97 Å². The number of aromatic nitrogens is 2. The number of hydrogen-bond acceptors (Lipinski definition) is 4. The maximum absolute atomic E-state index is 12.7. The minimum atomic E-state index is 0.0402. The van der Waals surface area contributed by atoms with E-state index in [0.717, 1.165) is 35.4 Å². The Morgan fingerprint density at radius 1 is 1.50 bits per heavy atom. The second-order valence-corrected chi connectivity index (χ2v) is 8.91. The lowest BCUT2D eigenvalue weighted by molar-refractivity contribution is -0.708. The van der Waals surface area contributed by atoms with Crippen LogP contribution in [0.2, 0.25) is 0 Å². The van der Waals surface area contributed by atoms with E-state index >= 15 is 0 Å². The van der Waals surface area contributed by atoms with Crippen molar-refractivity contribution in [3.8, 4) is 0 Å². The summed E-state index contributed by atoms with van der Waals surface area (Å²) >= 11 is 3.48. The average molecular weight is 361 g/mol. The monoisotopic (exact) mass is 360 g/mol. The van der Waals surface area contributed by atoms with Gasteiger partial charge in [-0.15, -0.1) is 22.7 Å². The number of rotatable bonds is 4. The molecule has 4 rings (SSSR count). The van der Waals surface area contributed by atoms with Gasteiger partial charge in [0, 0.05) is 4.88 Å². The first-order chi connectivity index (χ1) is 11.6. The third-order valence-electron chi connectivity index (χ3n) is 4.87. The van der Waals surface area contributed by atoms with Crippen LogP contribution < -0.4 is 10.9 Å². The minimum Gasteiger partial charge on any atom is -0.333 e. The highest BCUT2D eigenvalue weighted by molar-refractivity contribution is 7.18. The highest BCUT2D eigenvalue weighted by atomic mass is 32.1. The molecule has 0 bridgehead atoms. The zero-order chi connectivity index (χ0) is 16.7. The molecule has 0 amide bonds. The fourth-order valence-electron chi connectivity index (χ4n) is 3.41. The van der Waals surface area contributed by atoms with E-state index in [2.05, 4.69) is 41.7 Å². The van der Waals surface area contributed by atoms with Crippen LogP contribution in [0, 0.1) is 5.92 Å². The molecule has 24 heavy (non-hydrogen) atoms. The Hall–Kier alpha value is -1.50. The highest BCUT2D eigenvalue weighted by Crippen LogP contribution is 2.35. The summed E-state index contributed by atoms with van der Waals surface area (Å²) in [6, 6.07) is 4.35. The zero-order valence-electron chi connectivity index (χ0n) is 14.0. The topological polar surface area (TPSA) is 62.4 Å². The van der Waals surface area contributed by atoms with Gasteiger partial charge in [0.15, 0.2) is 5.82 Å². The standard InChI is InChI=1S/C18H21N3OS2/c1-10-5-6-13-14(8-10)24-18-15(13)17(22)20-16(21-18)11(2)19-9-12-4-3-7-23-12/h3-4,7,10-11,19H,5-6,8-9H2,1-2H3,(H,20,21,22)/p+1/t10-,11-/m1/s1. The van der Waals surface area contributed by atoms with Gasteiger partial charge in [0.1, 0.15) is 17.4 Å². The summed E-state index contributed by atoms with van der Waals surface area (Å²) in [5, 5.41) is 5.17. The quantitative estimate of drug-likeness (QED) is 0.751. The second kappa shape index (κ2) is 6.43. The van der Waals surface area contributed by atoms with Gasteiger partial charge in [0.05, 0.1) is 10.3 Å². The van der Waals surface area contributed by atoms with Gasteiger partial charge in [0.2, 0.25) is 0 Å². The molecular weight excluding hydrogens is 338 g/mol. The zero-order valence-corrected chi connectivity index (χ0v) is 15.6. The van der Waals surface area contributed by atoms with Crippen LogP contribution in [0.5, 0.6) is 0 Å². The Kier molecular flexibility index (Phi) is 4.28. The summed E-state index contributed by atoms with van der Waals surface area (Å²) in [6.45, 7) is 5.31. The summed E-state index contributed by atoms with van der Waals surface area (Å²) in [4.78, 5) is 24.1. The van der Waals surface area contributed by atoms with Gasteiger partial charge in [-0.3, -0.25) is 4.79 Å². The SMILES string of the molecule is C[C@@H]1CCc2c(sc3nc([C@@H](C)[NH2+]Cc4cccs4)[nH]c(=O)c23)C1. The molecule has 1 aliphatic carbocycles. The van der Waals surface area contributed by atoms with E-state index in [1.807, 2.05) is 0 Å². The molecule has 0 radical (unpaired) electrons. The van der Waals surface area contributed by atoms with Crippen molar-refractivity contribution in [1.29, 1.82) is 0 Å². The highest BCUT2D eigenvalue weighted by Gasteiger charge is 2.24. The van der Waals surface area contributed by atoms with Gasteiger partial charge in [-0.25, -0.2) is 4.98 Å². The van der Waals surface area contributed by atoms with Crippen LogP contribution in [0.15, 0.2) is 22.3 Å². The van der Waals surface area contributed by atoms with E-state index in [1.54, 1.807) is 22.7 Å². The van der Waals surface area contributed by atoms with Crippen LogP contribution in [0.25, 0.3) is 10.2 Å². The van der Waals surface area contributed by atoms with Crippen molar-refractivity contribution < 1.29 is 5.32 Å². The first-order valence-corrected chi connectivity index (χ1v) is 10.2. The molecule has 3 heterocycles. The lowest BCUT2D eigenvalue weighted by atomic mass is 9.89. The number of nitrogens with two attached hydrogens (primary N) is 1. The van der Waals surface area contributed by atoms with Crippen LogP contribution in [-0.2, 0) is 19.4 Å². The molecule has 0 aliphatic heterocycles. The molecule has 0 saturated heterocycles. The average Bonchev–Trinajstić information content (AvgIpc) is 3.18. The lowest BCUT2D eigenvalue weighted by Crippen LogP contribution is -2.83. The van der Waals surface area contributed by atoms with Crippen molar-refractivity contribution >= 4 is 32.9 Å². The first-order valence-electron chi connectivity index (χ1n) is 8.52. The Labute approximate surface area is 149 Å². The predicted molar refractivity (Wildman–Crippen MR) is 99.8 cm³/mol. The third-order valence-corrected chi connectivity index (χ3v) is 6.91. The van der Waals surface area contributed by atoms with Gasteiger partial charge < -0.3 is 10.3 Å². The molecular formula is C18H22N3OS2+. The van der Waals surface area contributed by atoms with Gasteiger partial charge in [-0.1, -0.05) is 13.0 Å². The fraction of sp³-hybridized carbons (Fsp3) is 0.444. The minimum absolute atomic E-state index is 0.0402. The van der Waals surface area contributed by atoms with Crippen molar-refractivity contribution in [1.82, 2.24) is 9.97 Å². The number of H-pyrrole nitrogens is 1. The Bertz CT molecular complexity index is 910. The van der Waals surface area contributed by atoms with Crippen LogP contribution >= 0.6 is 22.7 Å². The number of hydrogen-bond donors (Lipinski definition) is 2. The smallest absolute Gasteiger partial charge is 0.260 e. The normalized spacial score (nSPS) is 18.7. The van der Waals surface area contributed by atoms with E-state index in [9.17, 15) is 4.79 Å². The molecule has 4 nitrogen and oxygen atoms in total. The van der Waals surface area contributed by atoms with Crippen LogP contribution in [0.1, 0.15) is 47.5 Å². The van der Waals surface area contributed by atoms with Gasteiger partial charge >= 0.3 is 0 Å². The van der Waals surface area contributed by atoms with Crippen molar-refractivity contribution in [3.05, 3.63) is 49.0 Å². The summed E-state index contributed by atoms with van der Waals surface area (Å²) in [7, 11) is 0. The summed E-state index contributed by atoms with van der Waals surface area (Å²) in [5.74, 6) is 1.50.